The minimum absolute atomic E-state index is 0.114. The second-order valence-electron chi connectivity index (χ2n) is 3.68. The Morgan fingerprint density at radius 1 is 1.36 bits per heavy atom. The Hall–Kier alpha value is -0.930. The summed E-state index contributed by atoms with van der Waals surface area (Å²) in [5, 5.41) is 9.59. The molecule has 3 heteroatoms. The molecule has 0 aliphatic heterocycles. The molecule has 78 valence electrons. The molecule has 0 fully saturated rings. The fourth-order valence-electron chi connectivity index (χ4n) is 1.49. The van der Waals surface area contributed by atoms with Crippen molar-refractivity contribution in [3.05, 3.63) is 35.1 Å². The highest BCUT2D eigenvalue weighted by atomic mass is 19.1. The number of aliphatic hydroxyl groups is 1. The highest BCUT2D eigenvalue weighted by Gasteiger charge is 2.13. The Morgan fingerprint density at radius 3 is 2.50 bits per heavy atom. The van der Waals surface area contributed by atoms with Crippen molar-refractivity contribution in [3.63, 3.8) is 0 Å². The first-order chi connectivity index (χ1) is 6.56. The third kappa shape index (κ3) is 2.30. The maximum Gasteiger partial charge on any atom is 0.123 e. The molecule has 0 radical (unpaired) electrons. The van der Waals surface area contributed by atoms with Crippen molar-refractivity contribution in [1.82, 2.24) is 0 Å². The number of hydrogen-bond donors (Lipinski definition) is 2. The van der Waals surface area contributed by atoms with Crippen molar-refractivity contribution < 1.29 is 9.50 Å². The normalized spacial score (nSPS) is 13.3. The fourth-order valence-corrected chi connectivity index (χ4v) is 1.49. The fraction of sp³-hybridized carbons (Fsp3) is 0.455. The van der Waals surface area contributed by atoms with Gasteiger partial charge in [0.25, 0.3) is 0 Å². The highest BCUT2D eigenvalue weighted by Crippen LogP contribution is 2.25. The number of rotatable bonds is 3. The molecule has 14 heavy (non-hydrogen) atoms. The molecule has 1 rings (SSSR count). The van der Waals surface area contributed by atoms with E-state index < -0.39 is 6.10 Å². The Morgan fingerprint density at radius 2 is 2.00 bits per heavy atom. The van der Waals surface area contributed by atoms with Crippen LogP contribution in [0, 0.1) is 5.82 Å². The predicted octanol–water partition coefficient (Wildman–Crippen LogP) is 1.94. The molecule has 0 amide bonds. The van der Waals surface area contributed by atoms with Crippen LogP contribution in [0.2, 0.25) is 0 Å². The molecule has 3 N–H and O–H groups in total. The number of hydrogen-bond acceptors (Lipinski definition) is 2. The molecule has 2 nitrogen and oxygen atoms in total. The predicted molar refractivity (Wildman–Crippen MR) is 54.5 cm³/mol. The van der Waals surface area contributed by atoms with E-state index in [9.17, 15) is 9.50 Å². The molecule has 0 saturated carbocycles. The Balaban J connectivity index is 3.15. The van der Waals surface area contributed by atoms with Crippen LogP contribution in [-0.4, -0.2) is 11.7 Å². The summed E-state index contributed by atoms with van der Waals surface area (Å²) >= 11 is 0. The molecule has 0 spiro atoms. The number of halogens is 1. The van der Waals surface area contributed by atoms with Crippen molar-refractivity contribution in [3.8, 4) is 0 Å². The Labute approximate surface area is 83.6 Å². The van der Waals surface area contributed by atoms with Gasteiger partial charge in [0.2, 0.25) is 0 Å². The lowest BCUT2D eigenvalue weighted by Gasteiger charge is -2.16. The van der Waals surface area contributed by atoms with E-state index in [-0.39, 0.29) is 18.3 Å². The van der Waals surface area contributed by atoms with Gasteiger partial charge in [-0.15, -0.1) is 0 Å². The maximum atomic E-state index is 13.0. The lowest BCUT2D eigenvalue weighted by atomic mass is 9.94. The lowest BCUT2D eigenvalue weighted by molar-refractivity contribution is 0.185. The molecule has 1 atom stereocenters. The summed E-state index contributed by atoms with van der Waals surface area (Å²) in [7, 11) is 0. The molecule has 1 aromatic carbocycles. The molecule has 0 aromatic heterocycles. The molecule has 0 aliphatic rings. The van der Waals surface area contributed by atoms with E-state index in [1.807, 2.05) is 13.8 Å². The quantitative estimate of drug-likeness (QED) is 0.777. The second kappa shape index (κ2) is 4.53. The summed E-state index contributed by atoms with van der Waals surface area (Å²) in [6, 6.07) is 4.46. The van der Waals surface area contributed by atoms with Gasteiger partial charge in [0.15, 0.2) is 0 Å². The maximum absolute atomic E-state index is 13.0. The number of aliphatic hydroxyl groups excluding tert-OH is 1. The van der Waals surface area contributed by atoms with Gasteiger partial charge in [0.05, 0.1) is 6.10 Å². The van der Waals surface area contributed by atoms with Crippen LogP contribution in [0.4, 0.5) is 4.39 Å². The average Bonchev–Trinajstić information content (AvgIpc) is 2.16. The van der Waals surface area contributed by atoms with E-state index in [1.54, 1.807) is 6.07 Å². The molecule has 1 aromatic rings. The van der Waals surface area contributed by atoms with Crippen LogP contribution in [0.3, 0.4) is 0 Å². The molecule has 0 saturated heterocycles. The molecule has 0 aliphatic carbocycles. The van der Waals surface area contributed by atoms with Gasteiger partial charge in [-0.1, -0.05) is 19.9 Å². The van der Waals surface area contributed by atoms with Gasteiger partial charge in [-0.25, -0.2) is 4.39 Å². The first-order valence-electron chi connectivity index (χ1n) is 4.73. The Bertz CT molecular complexity index is 312. The standard InChI is InChI=1S/C11H16FNO/c1-7(2)9-4-3-8(12)5-10(9)11(14)6-13/h3-5,7,11,14H,6,13H2,1-2H3. The zero-order valence-electron chi connectivity index (χ0n) is 8.50. The average molecular weight is 197 g/mol. The summed E-state index contributed by atoms with van der Waals surface area (Å²) in [6.45, 7) is 4.11. The third-order valence-corrected chi connectivity index (χ3v) is 2.25. The van der Waals surface area contributed by atoms with Gasteiger partial charge in [-0.3, -0.25) is 0 Å². The van der Waals surface area contributed by atoms with Crippen LogP contribution in [0.1, 0.15) is 37.0 Å². The zero-order chi connectivity index (χ0) is 10.7. The van der Waals surface area contributed by atoms with Crippen molar-refractivity contribution in [2.45, 2.75) is 25.9 Å². The monoisotopic (exact) mass is 197 g/mol. The minimum atomic E-state index is -0.775. The van der Waals surface area contributed by atoms with E-state index in [1.165, 1.54) is 12.1 Å². The first-order valence-corrected chi connectivity index (χ1v) is 4.73. The summed E-state index contributed by atoms with van der Waals surface area (Å²) in [5.74, 6) is -0.0799. The van der Waals surface area contributed by atoms with Crippen molar-refractivity contribution in [1.29, 1.82) is 0 Å². The molecule has 0 bridgehead atoms. The van der Waals surface area contributed by atoms with Gasteiger partial charge in [-0.2, -0.15) is 0 Å². The van der Waals surface area contributed by atoms with Crippen LogP contribution in [0.15, 0.2) is 18.2 Å². The van der Waals surface area contributed by atoms with E-state index in [0.717, 1.165) is 5.56 Å². The van der Waals surface area contributed by atoms with Gasteiger partial charge < -0.3 is 10.8 Å². The minimum Gasteiger partial charge on any atom is -0.387 e. The number of benzene rings is 1. The van der Waals surface area contributed by atoms with Crippen LogP contribution < -0.4 is 5.73 Å². The molecule has 1 unspecified atom stereocenters. The summed E-state index contributed by atoms with van der Waals surface area (Å²) < 4.78 is 13.0. The van der Waals surface area contributed by atoms with Crippen molar-refractivity contribution in [2.24, 2.45) is 5.73 Å². The Kier molecular flexibility index (Phi) is 3.61. The highest BCUT2D eigenvalue weighted by molar-refractivity contribution is 5.32. The summed E-state index contributed by atoms with van der Waals surface area (Å²) in [5.41, 5.74) is 6.90. The van der Waals surface area contributed by atoms with E-state index >= 15 is 0 Å². The van der Waals surface area contributed by atoms with Crippen molar-refractivity contribution in [2.75, 3.05) is 6.54 Å². The SMILES string of the molecule is CC(C)c1ccc(F)cc1C(O)CN. The smallest absolute Gasteiger partial charge is 0.123 e. The van der Waals surface area contributed by atoms with Gasteiger partial charge >= 0.3 is 0 Å². The summed E-state index contributed by atoms with van der Waals surface area (Å²) in [4.78, 5) is 0. The van der Waals surface area contributed by atoms with Crippen LogP contribution in [-0.2, 0) is 0 Å². The van der Waals surface area contributed by atoms with Crippen LogP contribution >= 0.6 is 0 Å². The van der Waals surface area contributed by atoms with Gasteiger partial charge in [-0.05, 0) is 29.2 Å². The summed E-state index contributed by atoms with van der Waals surface area (Å²) in [6.07, 6.45) is -0.775. The van der Waals surface area contributed by atoms with Crippen LogP contribution in [0.25, 0.3) is 0 Å². The largest absolute Gasteiger partial charge is 0.387 e. The number of nitrogens with two attached hydrogens (primary N) is 1. The van der Waals surface area contributed by atoms with Crippen molar-refractivity contribution >= 4 is 0 Å². The van der Waals surface area contributed by atoms with E-state index in [4.69, 9.17) is 5.73 Å². The van der Waals surface area contributed by atoms with Crippen LogP contribution in [0.5, 0.6) is 0 Å². The molecule has 0 heterocycles. The molecular formula is C11H16FNO. The molecular weight excluding hydrogens is 181 g/mol. The van der Waals surface area contributed by atoms with E-state index in [2.05, 4.69) is 0 Å². The van der Waals surface area contributed by atoms with E-state index in [0.29, 0.717) is 5.56 Å². The second-order valence-corrected chi connectivity index (χ2v) is 3.68. The lowest BCUT2D eigenvalue weighted by Crippen LogP contribution is -2.14. The third-order valence-electron chi connectivity index (χ3n) is 2.25. The van der Waals surface area contributed by atoms with Gasteiger partial charge in [0.1, 0.15) is 5.82 Å². The van der Waals surface area contributed by atoms with Gasteiger partial charge in [0, 0.05) is 6.54 Å². The topological polar surface area (TPSA) is 46.2 Å². The first kappa shape index (κ1) is 11.1. The zero-order valence-corrected chi connectivity index (χ0v) is 8.50.